The van der Waals surface area contributed by atoms with Crippen LogP contribution in [0.4, 0.5) is 4.39 Å². The molecule has 2 rings (SSSR count). The Morgan fingerprint density at radius 3 is 2.67 bits per heavy atom. The molecule has 0 amide bonds. The van der Waals surface area contributed by atoms with Gasteiger partial charge in [-0.3, -0.25) is 4.79 Å². The molecule has 3 heteroatoms. The average Bonchev–Trinajstić information content (AvgIpc) is 2.26. The van der Waals surface area contributed by atoms with Gasteiger partial charge >= 0.3 is 0 Å². The SMILES string of the molecule is CC(CN(C)C1CCC1)C(=O)c1ccccc1F. The largest absolute Gasteiger partial charge is 0.303 e. The lowest BCUT2D eigenvalue weighted by molar-refractivity contribution is 0.0845. The van der Waals surface area contributed by atoms with Gasteiger partial charge in [0.25, 0.3) is 0 Å². The average molecular weight is 249 g/mol. The van der Waals surface area contributed by atoms with E-state index in [2.05, 4.69) is 11.9 Å². The van der Waals surface area contributed by atoms with Crippen LogP contribution in [0.1, 0.15) is 36.5 Å². The Morgan fingerprint density at radius 1 is 1.44 bits per heavy atom. The maximum Gasteiger partial charge on any atom is 0.169 e. The summed E-state index contributed by atoms with van der Waals surface area (Å²) in [6.45, 7) is 2.59. The monoisotopic (exact) mass is 249 g/mol. The molecule has 1 aliphatic carbocycles. The number of carbonyl (C=O) groups excluding carboxylic acids is 1. The lowest BCUT2D eigenvalue weighted by Crippen LogP contribution is -2.41. The maximum atomic E-state index is 13.5. The molecule has 1 aliphatic rings. The molecule has 0 aromatic heterocycles. The van der Waals surface area contributed by atoms with Crippen molar-refractivity contribution in [2.45, 2.75) is 32.2 Å². The van der Waals surface area contributed by atoms with Crippen molar-refractivity contribution in [3.8, 4) is 0 Å². The molecular formula is C15H20FNO. The van der Waals surface area contributed by atoms with Crippen molar-refractivity contribution in [1.82, 2.24) is 4.90 Å². The Labute approximate surface area is 108 Å². The van der Waals surface area contributed by atoms with E-state index >= 15 is 0 Å². The molecule has 98 valence electrons. The fraction of sp³-hybridized carbons (Fsp3) is 0.533. The minimum absolute atomic E-state index is 0.0979. The van der Waals surface area contributed by atoms with Gasteiger partial charge in [0.05, 0.1) is 5.56 Å². The molecule has 0 spiro atoms. The predicted octanol–water partition coefficient (Wildman–Crippen LogP) is 3.13. The van der Waals surface area contributed by atoms with E-state index in [1.807, 2.05) is 6.92 Å². The van der Waals surface area contributed by atoms with Gasteiger partial charge in [-0.1, -0.05) is 25.5 Å². The number of hydrogen-bond donors (Lipinski definition) is 0. The van der Waals surface area contributed by atoms with Gasteiger partial charge in [0, 0.05) is 18.5 Å². The van der Waals surface area contributed by atoms with Gasteiger partial charge in [0.2, 0.25) is 0 Å². The summed E-state index contributed by atoms with van der Waals surface area (Å²) < 4.78 is 13.5. The molecule has 0 saturated heterocycles. The zero-order valence-electron chi connectivity index (χ0n) is 11.0. The molecule has 18 heavy (non-hydrogen) atoms. The van der Waals surface area contributed by atoms with Crippen molar-refractivity contribution in [2.24, 2.45) is 5.92 Å². The first-order valence-corrected chi connectivity index (χ1v) is 6.58. The fourth-order valence-corrected chi connectivity index (χ4v) is 2.42. The number of Topliss-reactive ketones (excluding diaryl/α,β-unsaturated/α-hetero) is 1. The topological polar surface area (TPSA) is 20.3 Å². The molecule has 0 bridgehead atoms. The predicted molar refractivity (Wildman–Crippen MR) is 70.2 cm³/mol. The van der Waals surface area contributed by atoms with Crippen LogP contribution >= 0.6 is 0 Å². The third kappa shape index (κ3) is 2.78. The van der Waals surface area contributed by atoms with Crippen LogP contribution in [0.15, 0.2) is 24.3 Å². The second kappa shape index (κ2) is 5.61. The molecule has 0 N–H and O–H groups in total. The van der Waals surface area contributed by atoms with Crippen molar-refractivity contribution >= 4 is 5.78 Å². The van der Waals surface area contributed by atoms with Gasteiger partial charge in [-0.15, -0.1) is 0 Å². The van der Waals surface area contributed by atoms with E-state index in [9.17, 15) is 9.18 Å². The lowest BCUT2D eigenvalue weighted by Gasteiger charge is -2.35. The lowest BCUT2D eigenvalue weighted by atomic mass is 9.90. The second-order valence-electron chi connectivity index (χ2n) is 5.27. The van der Waals surface area contributed by atoms with Gasteiger partial charge in [-0.2, -0.15) is 0 Å². The maximum absolute atomic E-state index is 13.5. The summed E-state index contributed by atoms with van der Waals surface area (Å²) in [7, 11) is 2.05. The summed E-state index contributed by atoms with van der Waals surface area (Å²) in [6, 6.07) is 6.84. The van der Waals surface area contributed by atoms with E-state index in [4.69, 9.17) is 0 Å². The summed E-state index contributed by atoms with van der Waals surface area (Å²) in [6.07, 6.45) is 3.72. The number of nitrogens with zero attached hydrogens (tertiary/aromatic N) is 1. The Bertz CT molecular complexity index is 428. The molecular weight excluding hydrogens is 229 g/mol. The molecule has 0 heterocycles. The van der Waals surface area contributed by atoms with Gasteiger partial charge in [0.15, 0.2) is 5.78 Å². The van der Waals surface area contributed by atoms with Gasteiger partial charge in [0.1, 0.15) is 5.82 Å². The summed E-state index contributed by atoms with van der Waals surface area (Å²) in [5.41, 5.74) is 0.215. The summed E-state index contributed by atoms with van der Waals surface area (Å²) in [4.78, 5) is 14.4. The Kier molecular flexibility index (Phi) is 4.12. The third-order valence-corrected chi connectivity index (χ3v) is 3.85. The fourth-order valence-electron chi connectivity index (χ4n) is 2.42. The quantitative estimate of drug-likeness (QED) is 0.747. The van der Waals surface area contributed by atoms with Crippen LogP contribution in [-0.4, -0.2) is 30.3 Å². The van der Waals surface area contributed by atoms with E-state index in [1.165, 1.54) is 25.3 Å². The number of rotatable bonds is 5. The highest BCUT2D eigenvalue weighted by Gasteiger charge is 2.26. The second-order valence-corrected chi connectivity index (χ2v) is 5.27. The van der Waals surface area contributed by atoms with E-state index in [0.29, 0.717) is 12.6 Å². The first kappa shape index (κ1) is 13.2. The van der Waals surface area contributed by atoms with Crippen LogP contribution in [0.25, 0.3) is 0 Å². The first-order chi connectivity index (χ1) is 8.59. The van der Waals surface area contributed by atoms with E-state index < -0.39 is 5.82 Å². The molecule has 0 aliphatic heterocycles. The van der Waals surface area contributed by atoms with E-state index in [1.54, 1.807) is 18.2 Å². The summed E-state index contributed by atoms with van der Waals surface area (Å²) >= 11 is 0. The van der Waals surface area contributed by atoms with Crippen molar-refractivity contribution in [1.29, 1.82) is 0 Å². The van der Waals surface area contributed by atoms with Crippen LogP contribution in [0.3, 0.4) is 0 Å². The number of halogens is 1. The Morgan fingerprint density at radius 2 is 2.11 bits per heavy atom. The van der Waals surface area contributed by atoms with Crippen molar-refractivity contribution in [2.75, 3.05) is 13.6 Å². The van der Waals surface area contributed by atoms with E-state index in [-0.39, 0.29) is 17.3 Å². The Balaban J connectivity index is 1.98. The molecule has 1 aromatic carbocycles. The standard InChI is InChI=1S/C15H20FNO/c1-11(10-17(2)12-6-5-7-12)15(18)13-8-3-4-9-14(13)16/h3-4,8-9,11-12H,5-7,10H2,1-2H3. The van der Waals surface area contributed by atoms with Gasteiger partial charge in [-0.25, -0.2) is 4.39 Å². The zero-order chi connectivity index (χ0) is 13.1. The normalized spacial score (nSPS) is 17.6. The number of carbonyl (C=O) groups is 1. The zero-order valence-corrected chi connectivity index (χ0v) is 11.0. The Hall–Kier alpha value is -1.22. The third-order valence-electron chi connectivity index (χ3n) is 3.85. The molecule has 1 unspecified atom stereocenters. The highest BCUT2D eigenvalue weighted by atomic mass is 19.1. The number of hydrogen-bond acceptors (Lipinski definition) is 2. The molecule has 0 radical (unpaired) electrons. The van der Waals surface area contributed by atoms with Crippen molar-refractivity contribution in [3.05, 3.63) is 35.6 Å². The smallest absolute Gasteiger partial charge is 0.169 e. The first-order valence-electron chi connectivity index (χ1n) is 6.58. The van der Waals surface area contributed by atoms with Crippen LogP contribution in [-0.2, 0) is 0 Å². The van der Waals surface area contributed by atoms with Crippen LogP contribution < -0.4 is 0 Å². The summed E-state index contributed by atoms with van der Waals surface area (Å²) in [5, 5.41) is 0. The minimum Gasteiger partial charge on any atom is -0.303 e. The van der Waals surface area contributed by atoms with Gasteiger partial charge in [-0.05, 0) is 32.0 Å². The molecule has 1 fully saturated rings. The minimum atomic E-state index is -0.416. The molecule has 1 aromatic rings. The molecule has 2 nitrogen and oxygen atoms in total. The van der Waals surface area contributed by atoms with Crippen LogP contribution in [0, 0.1) is 11.7 Å². The number of ketones is 1. The highest BCUT2D eigenvalue weighted by molar-refractivity contribution is 5.98. The van der Waals surface area contributed by atoms with Gasteiger partial charge < -0.3 is 4.90 Å². The van der Waals surface area contributed by atoms with E-state index in [0.717, 1.165) is 0 Å². The highest BCUT2D eigenvalue weighted by Crippen LogP contribution is 2.24. The van der Waals surface area contributed by atoms with Crippen molar-refractivity contribution in [3.63, 3.8) is 0 Å². The molecule has 1 saturated carbocycles. The summed E-state index contributed by atoms with van der Waals surface area (Å²) in [5.74, 6) is -0.674. The van der Waals surface area contributed by atoms with Crippen LogP contribution in [0.2, 0.25) is 0 Å². The molecule has 1 atom stereocenters. The number of benzene rings is 1. The van der Waals surface area contributed by atoms with Crippen LogP contribution in [0.5, 0.6) is 0 Å². The van der Waals surface area contributed by atoms with Crippen molar-refractivity contribution < 1.29 is 9.18 Å².